The molecule has 0 radical (unpaired) electrons. The van der Waals surface area contributed by atoms with Crippen molar-refractivity contribution in [2.45, 2.75) is 64.1 Å². The highest BCUT2D eigenvalue weighted by molar-refractivity contribution is 6.30. The van der Waals surface area contributed by atoms with Crippen LogP contribution in [0.3, 0.4) is 0 Å². The molecule has 0 unspecified atom stereocenters. The first-order valence-electron chi connectivity index (χ1n) is 16.7. The van der Waals surface area contributed by atoms with E-state index in [-0.39, 0.29) is 30.9 Å². The van der Waals surface area contributed by atoms with Gasteiger partial charge < -0.3 is 24.8 Å². The van der Waals surface area contributed by atoms with E-state index in [2.05, 4.69) is 16.8 Å². The lowest BCUT2D eigenvalue weighted by molar-refractivity contribution is -0.142. The minimum atomic E-state index is -0.405. The van der Waals surface area contributed by atoms with Gasteiger partial charge >= 0.3 is 5.97 Å². The second-order valence-corrected chi connectivity index (χ2v) is 13.5. The predicted molar refractivity (Wildman–Crippen MR) is 189 cm³/mol. The monoisotopic (exact) mass is 677 g/mol. The Morgan fingerprint density at radius 3 is 2.40 bits per heavy atom. The molecule has 1 atom stereocenters. The van der Waals surface area contributed by atoms with Crippen molar-refractivity contribution in [3.63, 3.8) is 0 Å². The number of nitrogens with two attached hydrogens (primary N) is 1. The van der Waals surface area contributed by atoms with E-state index in [4.69, 9.17) is 36.5 Å². The Hall–Kier alpha value is -3.86. The summed E-state index contributed by atoms with van der Waals surface area (Å²) in [7, 11) is 5.10. The van der Waals surface area contributed by atoms with Crippen LogP contribution in [-0.4, -0.2) is 81.4 Å². The molecule has 2 aliphatic rings. The van der Waals surface area contributed by atoms with Crippen molar-refractivity contribution in [1.29, 1.82) is 0 Å². The summed E-state index contributed by atoms with van der Waals surface area (Å²) in [6, 6.07) is 15.4. The number of pyridine rings is 1. The molecular weight excluding hydrogens is 630 g/mol. The molecule has 2 N–H and O–H groups in total. The van der Waals surface area contributed by atoms with Gasteiger partial charge in [0.2, 0.25) is 5.91 Å². The van der Waals surface area contributed by atoms with E-state index >= 15 is 0 Å². The van der Waals surface area contributed by atoms with E-state index in [0.717, 1.165) is 60.4 Å². The number of rotatable bonds is 13. The lowest BCUT2D eigenvalue weighted by Gasteiger charge is -2.38. The van der Waals surface area contributed by atoms with Crippen LogP contribution >= 0.6 is 11.6 Å². The quantitative estimate of drug-likeness (QED) is 0.230. The SMILES string of the molecule is COC(=O)CN(CCN)C1CCC(CN(C)c2ccc(N3C(=O)Cc4cc(OC)c(OC(C)C)cc4[C@@H]3c3ccc(Cl)cc3)cn2)CC1. The maximum Gasteiger partial charge on any atom is 0.319 e. The molecule has 1 saturated carbocycles. The van der Waals surface area contributed by atoms with Crippen LogP contribution in [0.2, 0.25) is 5.02 Å². The van der Waals surface area contributed by atoms with Gasteiger partial charge in [-0.3, -0.25) is 19.4 Å². The van der Waals surface area contributed by atoms with E-state index in [1.807, 2.05) is 67.3 Å². The van der Waals surface area contributed by atoms with Gasteiger partial charge in [0.15, 0.2) is 11.5 Å². The lowest BCUT2D eigenvalue weighted by atomic mass is 9.85. The van der Waals surface area contributed by atoms with Crippen LogP contribution in [-0.2, 0) is 20.7 Å². The van der Waals surface area contributed by atoms with Crippen LogP contribution in [0.1, 0.15) is 62.3 Å². The maximum atomic E-state index is 13.9. The first-order chi connectivity index (χ1) is 23.1. The second kappa shape index (κ2) is 16.0. The average Bonchev–Trinajstić information content (AvgIpc) is 3.08. The fourth-order valence-corrected chi connectivity index (χ4v) is 7.16. The summed E-state index contributed by atoms with van der Waals surface area (Å²) in [4.78, 5) is 36.8. The number of benzene rings is 2. The Labute approximate surface area is 289 Å². The summed E-state index contributed by atoms with van der Waals surface area (Å²) in [5.74, 6) is 2.35. The molecular formula is C37H48ClN5O5. The number of fused-ring (bicyclic) bond motifs is 1. The van der Waals surface area contributed by atoms with E-state index < -0.39 is 6.04 Å². The number of nitrogens with zero attached hydrogens (tertiary/aromatic N) is 4. The third-order valence-corrected chi connectivity index (χ3v) is 9.63. The number of carbonyl (C=O) groups is 2. The number of methoxy groups -OCH3 is 2. The van der Waals surface area contributed by atoms with E-state index in [1.54, 1.807) is 13.3 Å². The number of hydrogen-bond acceptors (Lipinski definition) is 9. The number of anilines is 2. The van der Waals surface area contributed by atoms with Crippen LogP contribution in [0.15, 0.2) is 54.7 Å². The zero-order valence-corrected chi connectivity index (χ0v) is 29.4. The van der Waals surface area contributed by atoms with Crippen molar-refractivity contribution < 1.29 is 23.8 Å². The van der Waals surface area contributed by atoms with Crippen LogP contribution in [0, 0.1) is 5.92 Å². The molecule has 5 rings (SSSR count). The Balaban J connectivity index is 1.34. The average molecular weight is 678 g/mol. The smallest absolute Gasteiger partial charge is 0.319 e. The highest BCUT2D eigenvalue weighted by atomic mass is 35.5. The van der Waals surface area contributed by atoms with Gasteiger partial charge in [0.1, 0.15) is 5.82 Å². The van der Waals surface area contributed by atoms with Crippen LogP contribution < -0.4 is 25.0 Å². The zero-order valence-electron chi connectivity index (χ0n) is 28.7. The van der Waals surface area contributed by atoms with Crippen molar-refractivity contribution in [2.24, 2.45) is 11.7 Å². The largest absolute Gasteiger partial charge is 0.493 e. The topological polar surface area (TPSA) is 110 Å². The third kappa shape index (κ3) is 8.22. The van der Waals surface area contributed by atoms with Gasteiger partial charge in [-0.05, 0) is 98.5 Å². The highest BCUT2D eigenvalue weighted by Crippen LogP contribution is 2.44. The van der Waals surface area contributed by atoms with Gasteiger partial charge in [0.25, 0.3) is 0 Å². The number of esters is 1. The Morgan fingerprint density at radius 1 is 1.06 bits per heavy atom. The van der Waals surface area contributed by atoms with Crippen molar-refractivity contribution in [3.8, 4) is 11.5 Å². The maximum absolute atomic E-state index is 13.9. The van der Waals surface area contributed by atoms with Crippen molar-refractivity contribution in [2.75, 3.05) is 57.2 Å². The standard InChI is InChI=1S/C37H48ClN5O5/c1-24(2)48-33-20-31-27(18-32(33)46-4)19-35(44)43(37(31)26-8-10-28(38)11-9-26)30-14-15-34(40-21-30)41(3)22-25-6-12-29(13-7-25)42(17-16-39)23-36(45)47-5/h8-11,14-15,18,20-21,24-25,29,37H,6-7,12-13,16-17,19,22-23,39H2,1-5H3/t25?,29?,37-/m0/s1. The van der Waals surface area contributed by atoms with E-state index in [9.17, 15) is 9.59 Å². The van der Waals surface area contributed by atoms with Crippen LogP contribution in [0.4, 0.5) is 11.5 Å². The molecule has 48 heavy (non-hydrogen) atoms. The number of amides is 1. The number of ether oxygens (including phenoxy) is 3. The number of carbonyl (C=O) groups excluding carboxylic acids is 2. The fraction of sp³-hybridized carbons (Fsp3) is 0.486. The molecule has 1 aliphatic heterocycles. The third-order valence-electron chi connectivity index (χ3n) is 9.38. The lowest BCUT2D eigenvalue weighted by Crippen LogP contribution is -2.44. The van der Waals surface area contributed by atoms with Crippen LogP contribution in [0.5, 0.6) is 11.5 Å². The first-order valence-corrected chi connectivity index (χ1v) is 17.1. The normalized spacial score (nSPS) is 19.3. The van der Waals surface area contributed by atoms with Gasteiger partial charge in [0, 0.05) is 37.7 Å². The molecule has 0 saturated heterocycles. The summed E-state index contributed by atoms with van der Waals surface area (Å²) in [5, 5.41) is 0.628. The molecule has 1 aromatic heterocycles. The molecule has 1 amide bonds. The number of hydrogen-bond donors (Lipinski definition) is 1. The summed E-state index contributed by atoms with van der Waals surface area (Å²) in [6.07, 6.45) is 6.13. The Bertz CT molecular complexity index is 1540. The Kier molecular flexibility index (Phi) is 11.8. The summed E-state index contributed by atoms with van der Waals surface area (Å²) in [6.45, 7) is 6.31. The van der Waals surface area contributed by atoms with Crippen molar-refractivity contribution >= 4 is 35.0 Å². The predicted octanol–water partition coefficient (Wildman–Crippen LogP) is 5.64. The molecule has 0 spiro atoms. The second-order valence-electron chi connectivity index (χ2n) is 13.0. The van der Waals surface area contributed by atoms with Gasteiger partial charge in [-0.1, -0.05) is 23.7 Å². The molecule has 3 aromatic rings. The fourth-order valence-electron chi connectivity index (χ4n) is 7.04. The highest BCUT2D eigenvalue weighted by Gasteiger charge is 2.36. The number of aromatic nitrogens is 1. The molecule has 11 heteroatoms. The van der Waals surface area contributed by atoms with E-state index in [0.29, 0.717) is 41.6 Å². The summed E-state index contributed by atoms with van der Waals surface area (Å²) < 4.78 is 16.7. The van der Waals surface area contributed by atoms with Gasteiger partial charge in [0.05, 0.1) is 51.2 Å². The van der Waals surface area contributed by atoms with Crippen molar-refractivity contribution in [1.82, 2.24) is 9.88 Å². The molecule has 258 valence electrons. The Morgan fingerprint density at radius 2 is 1.79 bits per heavy atom. The van der Waals surface area contributed by atoms with E-state index in [1.165, 1.54) is 7.11 Å². The summed E-state index contributed by atoms with van der Waals surface area (Å²) >= 11 is 6.27. The summed E-state index contributed by atoms with van der Waals surface area (Å²) in [5.41, 5.74) is 9.36. The molecule has 1 aliphatic carbocycles. The molecule has 1 fully saturated rings. The van der Waals surface area contributed by atoms with Gasteiger partial charge in [-0.2, -0.15) is 0 Å². The minimum Gasteiger partial charge on any atom is -0.493 e. The van der Waals surface area contributed by atoms with Crippen molar-refractivity contribution in [3.05, 3.63) is 76.4 Å². The number of halogens is 1. The van der Waals surface area contributed by atoms with Gasteiger partial charge in [-0.25, -0.2) is 4.98 Å². The van der Waals surface area contributed by atoms with Crippen LogP contribution in [0.25, 0.3) is 0 Å². The molecule has 2 heterocycles. The molecule has 10 nitrogen and oxygen atoms in total. The van der Waals surface area contributed by atoms with Gasteiger partial charge in [-0.15, -0.1) is 0 Å². The first kappa shape index (κ1) is 35.4. The molecule has 0 bridgehead atoms. The minimum absolute atomic E-state index is 0.0300. The molecule has 2 aromatic carbocycles. The zero-order chi connectivity index (χ0) is 34.4.